The van der Waals surface area contributed by atoms with Gasteiger partial charge in [-0.2, -0.15) is 0 Å². The first-order valence-electron chi connectivity index (χ1n) is 18.3. The Kier molecular flexibility index (Phi) is 22.2. The van der Waals surface area contributed by atoms with E-state index in [1.54, 1.807) is 58.3 Å². The van der Waals surface area contributed by atoms with E-state index in [1.165, 1.54) is 0 Å². The summed E-state index contributed by atoms with van der Waals surface area (Å²) in [6.07, 6.45) is 6.94. The largest absolute Gasteiger partial charge is 0.494 e. The van der Waals surface area contributed by atoms with Crippen LogP contribution in [0, 0.1) is 0 Å². The highest BCUT2D eigenvalue weighted by molar-refractivity contribution is 6.07. The van der Waals surface area contributed by atoms with Crippen molar-refractivity contribution in [3.05, 3.63) is 59.7 Å². The molecule has 0 heterocycles. The van der Waals surface area contributed by atoms with Crippen LogP contribution >= 0.6 is 0 Å². The molecular weight excluding hydrogens is 692 g/mol. The maximum absolute atomic E-state index is 12.8. The van der Waals surface area contributed by atoms with Gasteiger partial charge in [0.15, 0.2) is 11.6 Å². The van der Waals surface area contributed by atoms with Gasteiger partial charge in [0.2, 0.25) is 0 Å². The summed E-state index contributed by atoms with van der Waals surface area (Å²) in [6, 6.07) is 12.7. The van der Waals surface area contributed by atoms with Gasteiger partial charge in [-0.1, -0.05) is 14.9 Å². The number of Topliss-reactive ketones (excluding diaryl/α,β-unsaturated/α-hetero) is 4. The van der Waals surface area contributed by atoms with Crippen LogP contribution in [0.4, 0.5) is 0 Å². The van der Waals surface area contributed by atoms with Crippen LogP contribution in [0.1, 0.15) is 126 Å². The third kappa shape index (κ3) is 14.6. The van der Waals surface area contributed by atoms with Crippen molar-refractivity contribution in [2.45, 2.75) is 118 Å². The van der Waals surface area contributed by atoms with Crippen molar-refractivity contribution < 1.29 is 48.1 Å². The first-order valence-corrected chi connectivity index (χ1v) is 18.3. The molecule has 2 aromatic carbocycles. The monoisotopic (exact) mass is 752 g/mol. The second-order valence-corrected chi connectivity index (χ2v) is 12.8. The van der Waals surface area contributed by atoms with Crippen molar-refractivity contribution in [2.24, 2.45) is 0 Å². The van der Waals surface area contributed by atoms with Crippen molar-refractivity contribution in [2.75, 3.05) is 32.9 Å². The van der Waals surface area contributed by atoms with Gasteiger partial charge in [0.25, 0.3) is 11.8 Å². The molecule has 4 rings (SSSR count). The van der Waals surface area contributed by atoms with E-state index in [9.17, 15) is 33.6 Å². The molecule has 2 aromatic rings. The highest BCUT2D eigenvalue weighted by atomic mass is 16.5. The van der Waals surface area contributed by atoms with Crippen LogP contribution in [0.15, 0.2) is 48.5 Å². The lowest BCUT2D eigenvalue weighted by molar-refractivity contribution is -0.134. The zero-order valence-corrected chi connectivity index (χ0v) is 30.4. The predicted octanol–water partition coefficient (Wildman–Crippen LogP) is 6.24. The van der Waals surface area contributed by atoms with Crippen LogP contribution in [0.5, 0.6) is 11.5 Å². The van der Waals surface area contributed by atoms with Crippen LogP contribution in [-0.4, -0.2) is 101 Å². The molecule has 0 aromatic heterocycles. The number of carbonyl (C=O) groups excluding carboxylic acids is 7. The molecule has 12 nitrogen and oxygen atoms in total. The molecule has 0 radical (unpaired) electrons. The van der Waals surface area contributed by atoms with Crippen molar-refractivity contribution in [3.8, 4) is 11.5 Å². The van der Waals surface area contributed by atoms with Crippen LogP contribution in [-0.2, 0) is 24.0 Å². The van der Waals surface area contributed by atoms with Gasteiger partial charge in [-0.3, -0.25) is 28.8 Å². The Morgan fingerprint density at radius 2 is 1.07 bits per heavy atom. The summed E-state index contributed by atoms with van der Waals surface area (Å²) in [6.45, 7) is 5.79. The van der Waals surface area contributed by atoms with Gasteiger partial charge in [0.1, 0.15) is 29.4 Å². The molecule has 2 fully saturated rings. The number of unbranched alkanes of at least 4 members (excludes halogenated alkanes) is 4. The van der Waals surface area contributed by atoms with E-state index in [-0.39, 0.29) is 69.2 Å². The number of ketones is 4. The van der Waals surface area contributed by atoms with Gasteiger partial charge in [0.05, 0.1) is 38.1 Å². The fourth-order valence-corrected chi connectivity index (χ4v) is 6.21. The van der Waals surface area contributed by atoms with Gasteiger partial charge in [0, 0.05) is 50.1 Å². The fourth-order valence-electron chi connectivity index (χ4n) is 6.21. The Labute approximate surface area is 320 Å². The molecule has 2 unspecified atom stereocenters. The average molecular weight is 753 g/mol. The molecule has 0 saturated heterocycles. The molecule has 2 aliphatic rings. The minimum Gasteiger partial charge on any atom is -0.494 e. The van der Waals surface area contributed by atoms with Crippen molar-refractivity contribution >= 4 is 41.2 Å². The normalized spacial score (nSPS) is 16.5. The Hall–Kier alpha value is -4.71. The van der Waals surface area contributed by atoms with Crippen LogP contribution < -0.4 is 9.47 Å². The molecular formula is C42H60N2O10. The third-order valence-electron chi connectivity index (χ3n) is 9.09. The summed E-state index contributed by atoms with van der Waals surface area (Å²) in [4.78, 5) is 86.0. The molecule has 0 aliphatic heterocycles. The summed E-state index contributed by atoms with van der Waals surface area (Å²) < 4.78 is 11.2. The van der Waals surface area contributed by atoms with E-state index >= 15 is 0 Å². The molecule has 2 amide bonds. The second-order valence-electron chi connectivity index (χ2n) is 12.8. The van der Waals surface area contributed by atoms with Gasteiger partial charge >= 0.3 is 0 Å². The van der Waals surface area contributed by atoms with Crippen molar-refractivity contribution in [3.63, 3.8) is 0 Å². The van der Waals surface area contributed by atoms with E-state index in [0.717, 1.165) is 38.4 Å². The number of benzene rings is 2. The maximum Gasteiger partial charge on any atom is 0.254 e. The minimum absolute atomic E-state index is 0. The predicted molar refractivity (Wildman–Crippen MR) is 207 cm³/mol. The Morgan fingerprint density at radius 1 is 0.667 bits per heavy atom. The van der Waals surface area contributed by atoms with Crippen LogP contribution in [0.2, 0.25) is 0 Å². The molecule has 298 valence electrons. The standard InChI is InChI=1S/C20H27NO5.C20H25NO5.2CH4/c2*1-2-21(18-11-8-16(23)14-19(18)24)20(25)15-6-9-17(10-7-15)26-13-5-3-4-12-22;;/h6-7,9-10,18,22H,2-5,8,11-14H2,1H3;6-7,9-10,12,18H,2-5,8,11,13-14H2,1H3;2*1H4. The summed E-state index contributed by atoms with van der Waals surface area (Å²) in [5.41, 5.74) is 0.994. The molecule has 0 bridgehead atoms. The number of nitrogens with zero attached hydrogens (tertiary/aromatic N) is 2. The lowest BCUT2D eigenvalue weighted by Gasteiger charge is -2.32. The Bertz CT molecular complexity index is 1510. The third-order valence-corrected chi connectivity index (χ3v) is 9.09. The average Bonchev–Trinajstić information content (AvgIpc) is 3.14. The van der Waals surface area contributed by atoms with Gasteiger partial charge in [-0.15, -0.1) is 0 Å². The first kappa shape index (κ1) is 47.3. The fraction of sp³-hybridized carbons (Fsp3) is 0.548. The smallest absolute Gasteiger partial charge is 0.254 e. The zero-order chi connectivity index (χ0) is 37.9. The van der Waals surface area contributed by atoms with E-state index in [1.807, 2.05) is 13.8 Å². The lowest BCUT2D eigenvalue weighted by Crippen LogP contribution is -2.47. The highest BCUT2D eigenvalue weighted by Gasteiger charge is 2.35. The highest BCUT2D eigenvalue weighted by Crippen LogP contribution is 2.23. The first-order chi connectivity index (χ1) is 25.1. The summed E-state index contributed by atoms with van der Waals surface area (Å²) in [5, 5.41) is 8.74. The molecule has 12 heteroatoms. The number of amides is 2. The van der Waals surface area contributed by atoms with Gasteiger partial charge in [-0.05, 0) is 107 Å². The lowest BCUT2D eigenvalue weighted by atomic mass is 9.91. The van der Waals surface area contributed by atoms with Crippen molar-refractivity contribution in [1.82, 2.24) is 9.80 Å². The van der Waals surface area contributed by atoms with Crippen molar-refractivity contribution in [1.29, 1.82) is 0 Å². The van der Waals surface area contributed by atoms with E-state index in [4.69, 9.17) is 14.6 Å². The maximum atomic E-state index is 12.8. The molecule has 2 aliphatic carbocycles. The SMILES string of the molecule is C.C.CCN(C(=O)c1ccc(OCCCCC=O)cc1)C1CCC(=O)CC1=O.CCN(C(=O)c1ccc(OCCCCCO)cc1)C1CCC(=O)CC1=O. The zero-order valence-electron chi connectivity index (χ0n) is 30.4. The number of aliphatic hydroxyl groups is 1. The number of carbonyl (C=O) groups is 7. The Morgan fingerprint density at radius 3 is 1.43 bits per heavy atom. The topological polar surface area (TPSA) is 165 Å². The number of rotatable bonds is 18. The Balaban J connectivity index is 0.000000521. The summed E-state index contributed by atoms with van der Waals surface area (Å²) in [5.74, 6) is 0.501. The molecule has 1 N–H and O–H groups in total. The van der Waals surface area contributed by atoms with Crippen LogP contribution in [0.3, 0.4) is 0 Å². The molecule has 54 heavy (non-hydrogen) atoms. The van der Waals surface area contributed by atoms with E-state index < -0.39 is 12.1 Å². The summed E-state index contributed by atoms with van der Waals surface area (Å²) in [7, 11) is 0. The molecule has 2 saturated carbocycles. The minimum atomic E-state index is -0.515. The van der Waals surface area contributed by atoms with Crippen LogP contribution in [0.25, 0.3) is 0 Å². The number of aliphatic hydroxyl groups excluding tert-OH is 1. The van der Waals surface area contributed by atoms with E-state index in [0.29, 0.717) is 81.0 Å². The molecule has 0 spiro atoms. The summed E-state index contributed by atoms with van der Waals surface area (Å²) >= 11 is 0. The van der Waals surface area contributed by atoms with Gasteiger partial charge in [-0.25, -0.2) is 0 Å². The number of likely N-dealkylation sites (N-methyl/N-ethyl adjacent to an activating group) is 2. The van der Waals surface area contributed by atoms with E-state index in [2.05, 4.69) is 0 Å². The molecule has 2 atom stereocenters. The number of ether oxygens (including phenoxy) is 2. The number of aldehydes is 1. The van der Waals surface area contributed by atoms with Gasteiger partial charge < -0.3 is 29.2 Å². The number of hydrogen-bond donors (Lipinski definition) is 1. The quantitative estimate of drug-likeness (QED) is 0.105. The second kappa shape index (κ2) is 25.3. The number of hydrogen-bond acceptors (Lipinski definition) is 10.